The molecule has 2 aliphatic rings. The summed E-state index contributed by atoms with van der Waals surface area (Å²) in [7, 11) is 3.54. The Bertz CT molecular complexity index is 396. The van der Waals surface area contributed by atoms with Gasteiger partial charge >= 0.3 is 0 Å². The summed E-state index contributed by atoms with van der Waals surface area (Å²) in [5.74, 6) is 2.07. The highest BCUT2D eigenvalue weighted by Gasteiger charge is 2.31. The van der Waals surface area contributed by atoms with Crippen LogP contribution in [-0.4, -0.2) is 71.9 Å². The van der Waals surface area contributed by atoms with Crippen molar-refractivity contribution in [3.63, 3.8) is 0 Å². The van der Waals surface area contributed by atoms with Gasteiger partial charge in [0.2, 0.25) is 5.91 Å². The molecule has 7 heteroatoms. The van der Waals surface area contributed by atoms with Crippen LogP contribution in [0.25, 0.3) is 0 Å². The minimum atomic E-state index is 0. The van der Waals surface area contributed by atoms with Crippen LogP contribution in [0.2, 0.25) is 0 Å². The Labute approximate surface area is 149 Å². The quantitative estimate of drug-likeness (QED) is 0.424. The number of hydrogen-bond acceptors (Lipinski definition) is 3. The largest absolute Gasteiger partial charge is 0.353 e. The average Bonchev–Trinajstić information content (AvgIpc) is 3.16. The third kappa shape index (κ3) is 6.22. The van der Waals surface area contributed by atoms with Crippen molar-refractivity contribution in [2.75, 3.05) is 39.5 Å². The lowest BCUT2D eigenvalue weighted by atomic mass is 10.2. The van der Waals surface area contributed by atoms with Crippen LogP contribution in [0.3, 0.4) is 0 Å². The first-order valence-corrected chi connectivity index (χ1v) is 8.26. The molecule has 1 amide bonds. The van der Waals surface area contributed by atoms with Crippen molar-refractivity contribution < 1.29 is 4.79 Å². The summed E-state index contributed by atoms with van der Waals surface area (Å²) < 4.78 is 0.246. The first-order chi connectivity index (χ1) is 9.37. The zero-order valence-electron chi connectivity index (χ0n) is 13.4. The molecule has 0 bridgehead atoms. The molecule has 5 nitrogen and oxygen atoms in total. The van der Waals surface area contributed by atoms with Gasteiger partial charge in [-0.1, -0.05) is 0 Å². The second-order valence-electron chi connectivity index (χ2n) is 6.38. The SMILES string of the molecule is CN(C)C(=O)CN=C(NC1CC1)N1CCSC(C)(C)C1.I. The van der Waals surface area contributed by atoms with Gasteiger partial charge in [-0.2, -0.15) is 11.8 Å². The molecule has 1 N–H and O–H groups in total. The number of hydrogen-bond donors (Lipinski definition) is 1. The molecule has 0 atom stereocenters. The summed E-state index contributed by atoms with van der Waals surface area (Å²) in [5, 5.41) is 3.49. The third-order valence-electron chi connectivity index (χ3n) is 3.50. The fourth-order valence-electron chi connectivity index (χ4n) is 2.13. The summed E-state index contributed by atoms with van der Waals surface area (Å²) in [6.45, 7) is 6.74. The summed E-state index contributed by atoms with van der Waals surface area (Å²) in [4.78, 5) is 20.2. The van der Waals surface area contributed by atoms with Crippen molar-refractivity contribution in [3.8, 4) is 0 Å². The van der Waals surface area contributed by atoms with Crippen LogP contribution in [0.1, 0.15) is 26.7 Å². The van der Waals surface area contributed by atoms with Gasteiger partial charge in [-0.15, -0.1) is 24.0 Å². The molecule has 0 radical (unpaired) electrons. The van der Waals surface area contributed by atoms with Crippen molar-refractivity contribution >= 4 is 47.6 Å². The van der Waals surface area contributed by atoms with E-state index in [2.05, 4.69) is 29.1 Å². The number of carbonyl (C=O) groups excluding carboxylic acids is 1. The van der Waals surface area contributed by atoms with Crippen LogP contribution in [0.5, 0.6) is 0 Å². The number of aliphatic imine (C=N–C) groups is 1. The summed E-state index contributed by atoms with van der Waals surface area (Å²) in [5.41, 5.74) is 0. The first-order valence-electron chi connectivity index (χ1n) is 7.27. The Morgan fingerprint density at radius 2 is 2.10 bits per heavy atom. The number of nitrogens with zero attached hydrogens (tertiary/aromatic N) is 3. The summed E-state index contributed by atoms with van der Waals surface area (Å²) in [6.07, 6.45) is 2.43. The Morgan fingerprint density at radius 3 is 2.62 bits per heavy atom. The van der Waals surface area contributed by atoms with Crippen molar-refractivity contribution in [2.24, 2.45) is 4.99 Å². The number of rotatable bonds is 3. The van der Waals surface area contributed by atoms with E-state index < -0.39 is 0 Å². The highest BCUT2D eigenvalue weighted by atomic mass is 127. The van der Waals surface area contributed by atoms with Gasteiger partial charge in [0.1, 0.15) is 6.54 Å². The van der Waals surface area contributed by atoms with Gasteiger partial charge in [0.05, 0.1) is 0 Å². The van der Waals surface area contributed by atoms with E-state index in [1.165, 1.54) is 12.8 Å². The first kappa shape index (κ1) is 18.9. The van der Waals surface area contributed by atoms with E-state index >= 15 is 0 Å². The van der Waals surface area contributed by atoms with E-state index in [1.807, 2.05) is 11.8 Å². The molecule has 0 aromatic rings. The van der Waals surface area contributed by atoms with Crippen LogP contribution < -0.4 is 5.32 Å². The smallest absolute Gasteiger partial charge is 0.243 e. The molecule has 0 aromatic carbocycles. The molecule has 21 heavy (non-hydrogen) atoms. The van der Waals surface area contributed by atoms with Crippen molar-refractivity contribution in [2.45, 2.75) is 37.5 Å². The van der Waals surface area contributed by atoms with Gasteiger partial charge in [0.25, 0.3) is 0 Å². The Morgan fingerprint density at radius 1 is 1.43 bits per heavy atom. The number of amides is 1. The predicted octanol–water partition coefficient (Wildman–Crippen LogP) is 1.63. The minimum absolute atomic E-state index is 0. The van der Waals surface area contributed by atoms with E-state index in [4.69, 9.17) is 0 Å². The lowest BCUT2D eigenvalue weighted by molar-refractivity contribution is -0.127. The van der Waals surface area contributed by atoms with Gasteiger partial charge in [0.15, 0.2) is 5.96 Å². The molecule has 0 unspecified atom stereocenters. The number of guanidine groups is 1. The Balaban J connectivity index is 0.00000220. The second-order valence-corrected chi connectivity index (χ2v) is 8.18. The van der Waals surface area contributed by atoms with Gasteiger partial charge in [-0.3, -0.25) is 4.79 Å². The fraction of sp³-hybridized carbons (Fsp3) is 0.857. The Kier molecular flexibility index (Phi) is 7.09. The molecule has 2 fully saturated rings. The standard InChI is InChI=1S/C14H26N4OS.HI/c1-14(2)10-18(7-8-20-14)13(16-11-5-6-11)15-9-12(19)17(3)4;/h11H,5-10H2,1-4H3,(H,15,16);1H. The Hall–Kier alpha value is -0.180. The molecular formula is C14H27IN4OS. The van der Waals surface area contributed by atoms with E-state index in [1.54, 1.807) is 19.0 Å². The van der Waals surface area contributed by atoms with Crippen LogP contribution in [0, 0.1) is 0 Å². The summed E-state index contributed by atoms with van der Waals surface area (Å²) in [6, 6.07) is 0.556. The van der Waals surface area contributed by atoms with Crippen molar-refractivity contribution in [3.05, 3.63) is 0 Å². The lowest BCUT2D eigenvalue weighted by Crippen LogP contribution is -2.51. The highest BCUT2D eigenvalue weighted by molar-refractivity contribution is 14.0. The van der Waals surface area contributed by atoms with E-state index in [0.717, 1.165) is 24.8 Å². The average molecular weight is 426 g/mol. The van der Waals surface area contributed by atoms with E-state index in [0.29, 0.717) is 6.04 Å². The zero-order valence-corrected chi connectivity index (χ0v) is 16.5. The number of carbonyl (C=O) groups is 1. The number of thioether (sulfide) groups is 1. The molecule has 0 spiro atoms. The number of nitrogens with one attached hydrogen (secondary N) is 1. The molecule has 1 heterocycles. The van der Waals surface area contributed by atoms with Gasteiger partial charge in [-0.25, -0.2) is 4.99 Å². The normalized spacial score (nSPS) is 21.5. The van der Waals surface area contributed by atoms with E-state index in [9.17, 15) is 4.79 Å². The highest BCUT2D eigenvalue weighted by Crippen LogP contribution is 2.30. The topological polar surface area (TPSA) is 47.9 Å². The molecule has 1 aliphatic carbocycles. The van der Waals surface area contributed by atoms with Crippen molar-refractivity contribution in [1.82, 2.24) is 15.1 Å². The van der Waals surface area contributed by atoms with Crippen LogP contribution >= 0.6 is 35.7 Å². The summed E-state index contributed by atoms with van der Waals surface area (Å²) >= 11 is 2.01. The molecule has 122 valence electrons. The number of likely N-dealkylation sites (N-methyl/N-ethyl adjacent to an activating group) is 1. The number of halogens is 1. The molecule has 1 saturated carbocycles. The molecular weight excluding hydrogens is 399 g/mol. The van der Waals surface area contributed by atoms with Gasteiger partial charge in [-0.05, 0) is 26.7 Å². The maximum absolute atomic E-state index is 11.7. The molecule has 2 rings (SSSR count). The van der Waals surface area contributed by atoms with Crippen LogP contribution in [-0.2, 0) is 4.79 Å². The third-order valence-corrected chi connectivity index (χ3v) is 4.80. The maximum Gasteiger partial charge on any atom is 0.243 e. The minimum Gasteiger partial charge on any atom is -0.353 e. The lowest BCUT2D eigenvalue weighted by Gasteiger charge is -2.39. The predicted molar refractivity (Wildman–Crippen MR) is 101 cm³/mol. The van der Waals surface area contributed by atoms with Crippen molar-refractivity contribution in [1.29, 1.82) is 0 Å². The van der Waals surface area contributed by atoms with E-state index in [-0.39, 0.29) is 41.2 Å². The van der Waals surface area contributed by atoms with Gasteiger partial charge in [0, 0.05) is 43.7 Å². The molecule has 1 saturated heterocycles. The maximum atomic E-state index is 11.7. The van der Waals surface area contributed by atoms with Crippen LogP contribution in [0.15, 0.2) is 4.99 Å². The monoisotopic (exact) mass is 426 g/mol. The van der Waals surface area contributed by atoms with Crippen LogP contribution in [0.4, 0.5) is 0 Å². The zero-order chi connectivity index (χ0) is 14.8. The fourth-order valence-corrected chi connectivity index (χ4v) is 3.24. The second kappa shape index (κ2) is 7.89. The van der Waals surface area contributed by atoms with Gasteiger partial charge < -0.3 is 15.1 Å². The molecule has 1 aliphatic heterocycles. The molecule has 0 aromatic heterocycles.